The number of nitrogens with two attached hydrogens (primary N) is 1. The third-order valence-corrected chi connectivity index (χ3v) is 4.70. The van der Waals surface area contributed by atoms with Crippen LogP contribution in [0.1, 0.15) is 36.8 Å². The number of Topliss-reactive ketones (excluding diaryl/α,β-unsaturated/α-hetero) is 1. The fourth-order valence-electron chi connectivity index (χ4n) is 3.54. The Morgan fingerprint density at radius 3 is 2.37 bits per heavy atom. The van der Waals surface area contributed by atoms with Gasteiger partial charge in [-0.15, -0.1) is 0 Å². The molecule has 0 spiro atoms. The van der Waals surface area contributed by atoms with Crippen LogP contribution in [-0.2, 0) is 13.1 Å². The maximum atomic E-state index is 13.2. The van der Waals surface area contributed by atoms with Crippen molar-refractivity contribution in [3.8, 4) is 16.9 Å². The lowest BCUT2D eigenvalue weighted by Crippen LogP contribution is -2.28. The number of fused-ring (bicyclic) bond motifs is 1. The molecule has 0 saturated carbocycles. The van der Waals surface area contributed by atoms with Crippen LogP contribution < -0.4 is 11.3 Å². The number of pyridine rings is 1. The molecule has 140 valence electrons. The lowest BCUT2D eigenvalue weighted by atomic mass is 9.93. The Morgan fingerprint density at radius 1 is 1.15 bits per heavy atom. The van der Waals surface area contributed by atoms with E-state index in [1.54, 1.807) is 10.6 Å². The Hall–Kier alpha value is -2.92. The van der Waals surface area contributed by atoms with Gasteiger partial charge in [0.15, 0.2) is 5.78 Å². The second-order valence-electron chi connectivity index (χ2n) is 7.14. The molecule has 0 saturated heterocycles. The van der Waals surface area contributed by atoms with Crippen molar-refractivity contribution in [1.29, 1.82) is 0 Å². The number of carbonyl (C=O) groups excluding carboxylic acids is 1. The third kappa shape index (κ3) is 3.26. The van der Waals surface area contributed by atoms with Crippen molar-refractivity contribution in [1.82, 2.24) is 4.57 Å². The van der Waals surface area contributed by atoms with Crippen LogP contribution in [0, 0.1) is 5.92 Å². The number of ketones is 1. The number of phenols is 1. The van der Waals surface area contributed by atoms with Crippen LogP contribution in [-0.4, -0.2) is 15.5 Å². The SMILES string of the molecule is CC(=O)c1ccc2c(=O)n(CC(C)C)c(CN)c(-c3ccccc3)c2c1O. The van der Waals surface area contributed by atoms with Gasteiger partial charge in [0.1, 0.15) is 5.75 Å². The second-order valence-corrected chi connectivity index (χ2v) is 7.14. The van der Waals surface area contributed by atoms with Crippen LogP contribution in [0.15, 0.2) is 47.3 Å². The largest absolute Gasteiger partial charge is 0.507 e. The van der Waals surface area contributed by atoms with E-state index >= 15 is 0 Å². The number of nitrogens with zero attached hydrogens (tertiary/aromatic N) is 1. The van der Waals surface area contributed by atoms with E-state index in [1.807, 2.05) is 44.2 Å². The first kappa shape index (κ1) is 18.9. The quantitative estimate of drug-likeness (QED) is 0.676. The second kappa shape index (κ2) is 7.37. The van der Waals surface area contributed by atoms with Gasteiger partial charge in [0, 0.05) is 29.7 Å². The van der Waals surface area contributed by atoms with E-state index in [1.165, 1.54) is 13.0 Å². The molecule has 3 N–H and O–H groups in total. The Labute approximate surface area is 158 Å². The number of phenolic OH excluding ortho intramolecular Hbond substituents is 1. The highest BCUT2D eigenvalue weighted by Gasteiger charge is 2.22. The minimum Gasteiger partial charge on any atom is -0.507 e. The van der Waals surface area contributed by atoms with Crippen molar-refractivity contribution >= 4 is 16.6 Å². The van der Waals surface area contributed by atoms with Crippen LogP contribution in [0.25, 0.3) is 21.9 Å². The Balaban J connectivity index is 2.57. The van der Waals surface area contributed by atoms with Crippen molar-refractivity contribution < 1.29 is 9.90 Å². The zero-order valence-corrected chi connectivity index (χ0v) is 15.8. The molecular formula is C22H24N2O3. The van der Waals surface area contributed by atoms with E-state index in [4.69, 9.17) is 5.73 Å². The van der Waals surface area contributed by atoms with E-state index in [-0.39, 0.29) is 35.1 Å². The zero-order valence-electron chi connectivity index (χ0n) is 15.8. The summed E-state index contributed by atoms with van der Waals surface area (Å²) in [4.78, 5) is 25.1. The van der Waals surface area contributed by atoms with Crippen LogP contribution >= 0.6 is 0 Å². The van der Waals surface area contributed by atoms with Gasteiger partial charge in [-0.25, -0.2) is 0 Å². The molecule has 1 heterocycles. The van der Waals surface area contributed by atoms with E-state index in [9.17, 15) is 14.7 Å². The molecule has 27 heavy (non-hydrogen) atoms. The summed E-state index contributed by atoms with van der Waals surface area (Å²) in [6, 6.07) is 12.7. The number of aromatic hydroxyl groups is 1. The smallest absolute Gasteiger partial charge is 0.258 e. The summed E-state index contributed by atoms with van der Waals surface area (Å²) >= 11 is 0. The van der Waals surface area contributed by atoms with Gasteiger partial charge in [-0.1, -0.05) is 44.2 Å². The fraction of sp³-hybridized carbons (Fsp3) is 0.273. The minimum absolute atomic E-state index is 0.145. The number of hydrogen-bond acceptors (Lipinski definition) is 4. The topological polar surface area (TPSA) is 85.3 Å². The highest BCUT2D eigenvalue weighted by atomic mass is 16.3. The van der Waals surface area contributed by atoms with Crippen molar-refractivity contribution in [2.75, 3.05) is 0 Å². The van der Waals surface area contributed by atoms with Crippen LogP contribution in [0.5, 0.6) is 5.75 Å². The Kier molecular flexibility index (Phi) is 5.15. The molecule has 5 nitrogen and oxygen atoms in total. The molecule has 0 aliphatic heterocycles. The first-order chi connectivity index (χ1) is 12.9. The van der Waals surface area contributed by atoms with Gasteiger partial charge in [-0.2, -0.15) is 0 Å². The van der Waals surface area contributed by atoms with Gasteiger partial charge < -0.3 is 15.4 Å². The first-order valence-corrected chi connectivity index (χ1v) is 9.04. The van der Waals surface area contributed by atoms with E-state index in [2.05, 4.69) is 0 Å². The summed E-state index contributed by atoms with van der Waals surface area (Å²) < 4.78 is 1.70. The molecule has 0 aliphatic carbocycles. The van der Waals surface area contributed by atoms with Gasteiger partial charge in [0.25, 0.3) is 5.56 Å². The van der Waals surface area contributed by atoms with Crippen molar-refractivity contribution in [3.63, 3.8) is 0 Å². The van der Waals surface area contributed by atoms with Gasteiger partial charge in [-0.3, -0.25) is 9.59 Å². The lowest BCUT2D eigenvalue weighted by molar-refractivity contribution is 0.101. The highest BCUT2D eigenvalue weighted by Crippen LogP contribution is 2.38. The van der Waals surface area contributed by atoms with E-state index in [0.29, 0.717) is 28.6 Å². The number of hydrogen-bond donors (Lipinski definition) is 2. The van der Waals surface area contributed by atoms with Gasteiger partial charge >= 0.3 is 0 Å². The summed E-state index contributed by atoms with van der Waals surface area (Å²) in [7, 11) is 0. The predicted octanol–water partition coefficient (Wildman–Crippen LogP) is 3.69. The van der Waals surface area contributed by atoms with E-state index in [0.717, 1.165) is 5.56 Å². The van der Waals surface area contributed by atoms with Crippen LogP contribution in [0.2, 0.25) is 0 Å². The minimum atomic E-state index is -0.255. The molecule has 0 radical (unpaired) electrons. The molecule has 0 bridgehead atoms. The molecule has 0 fully saturated rings. The van der Waals surface area contributed by atoms with Crippen molar-refractivity contribution in [2.45, 2.75) is 33.9 Å². The molecular weight excluding hydrogens is 340 g/mol. The van der Waals surface area contributed by atoms with Crippen molar-refractivity contribution in [2.24, 2.45) is 11.7 Å². The molecule has 0 amide bonds. The number of rotatable bonds is 5. The molecule has 3 rings (SSSR count). The maximum Gasteiger partial charge on any atom is 0.258 e. The number of carbonyl (C=O) groups is 1. The Bertz CT molecular complexity index is 1070. The lowest BCUT2D eigenvalue weighted by Gasteiger charge is -2.21. The summed E-state index contributed by atoms with van der Waals surface area (Å²) in [6.07, 6.45) is 0. The average Bonchev–Trinajstić information content (AvgIpc) is 2.64. The molecule has 0 unspecified atom stereocenters. The summed E-state index contributed by atoms with van der Waals surface area (Å²) in [5, 5.41) is 11.6. The average molecular weight is 364 g/mol. The van der Waals surface area contributed by atoms with Crippen LogP contribution in [0.3, 0.4) is 0 Å². The monoisotopic (exact) mass is 364 g/mol. The molecule has 0 aliphatic rings. The van der Waals surface area contributed by atoms with Crippen molar-refractivity contribution in [3.05, 3.63) is 64.1 Å². The standard InChI is InChI=1S/C22H24N2O3/c1-13(2)12-24-18(11-23)19(15-7-5-4-6-8-15)20-17(22(24)27)10-9-16(14(3)25)21(20)26/h4-10,13,26H,11-12,23H2,1-3H3. The number of aromatic nitrogens is 1. The maximum absolute atomic E-state index is 13.2. The Morgan fingerprint density at radius 2 is 1.81 bits per heavy atom. The molecule has 3 aromatic rings. The summed E-state index contributed by atoms with van der Waals surface area (Å²) in [5.74, 6) is -0.171. The molecule has 1 aromatic heterocycles. The fourth-order valence-corrected chi connectivity index (χ4v) is 3.54. The van der Waals surface area contributed by atoms with Crippen LogP contribution in [0.4, 0.5) is 0 Å². The van der Waals surface area contributed by atoms with E-state index < -0.39 is 0 Å². The predicted molar refractivity (Wildman–Crippen MR) is 108 cm³/mol. The van der Waals surface area contributed by atoms with Gasteiger partial charge in [0.05, 0.1) is 10.9 Å². The summed E-state index contributed by atoms with van der Waals surface area (Å²) in [6.45, 7) is 6.14. The van der Waals surface area contributed by atoms with Gasteiger partial charge in [-0.05, 0) is 30.5 Å². The molecule has 0 atom stereocenters. The third-order valence-electron chi connectivity index (χ3n) is 4.70. The molecule has 2 aromatic carbocycles. The first-order valence-electron chi connectivity index (χ1n) is 9.04. The normalized spacial score (nSPS) is 11.3. The molecule has 5 heteroatoms. The van der Waals surface area contributed by atoms with Gasteiger partial charge in [0.2, 0.25) is 0 Å². The summed E-state index contributed by atoms with van der Waals surface area (Å²) in [5.41, 5.74) is 8.26. The highest BCUT2D eigenvalue weighted by molar-refractivity contribution is 6.08. The zero-order chi connectivity index (χ0) is 19.7. The number of benzene rings is 2.